The van der Waals surface area contributed by atoms with E-state index in [-0.39, 0.29) is 0 Å². The molecule has 20 heavy (non-hydrogen) atoms. The highest BCUT2D eigenvalue weighted by molar-refractivity contribution is 5.26. The number of piperidine rings is 1. The average molecular weight is 272 g/mol. The summed E-state index contributed by atoms with van der Waals surface area (Å²) in [4.78, 5) is 2.69. The Morgan fingerprint density at radius 3 is 2.65 bits per heavy atom. The molecule has 1 saturated heterocycles. The molecule has 1 saturated carbocycles. The lowest BCUT2D eigenvalue weighted by Crippen LogP contribution is -2.50. The lowest BCUT2D eigenvalue weighted by molar-refractivity contribution is 0.107. The minimum absolute atomic E-state index is 0.344. The van der Waals surface area contributed by atoms with Gasteiger partial charge in [0.1, 0.15) is 0 Å². The zero-order valence-corrected chi connectivity index (χ0v) is 12.7. The van der Waals surface area contributed by atoms with Gasteiger partial charge in [0.25, 0.3) is 0 Å². The van der Waals surface area contributed by atoms with E-state index in [1.165, 1.54) is 49.8 Å². The number of hydrogen-bond acceptors (Lipinski definition) is 2. The Bertz CT molecular complexity index is 437. The average Bonchev–Trinajstić information content (AvgIpc) is 2.47. The van der Waals surface area contributed by atoms with Crippen LogP contribution in [0, 0.1) is 6.92 Å². The van der Waals surface area contributed by atoms with Crippen LogP contribution in [0.1, 0.15) is 55.6 Å². The maximum atomic E-state index is 6.36. The smallest absolute Gasteiger partial charge is 0.0174 e. The second-order valence-corrected chi connectivity index (χ2v) is 6.85. The van der Waals surface area contributed by atoms with Crippen LogP contribution in [0.3, 0.4) is 0 Å². The summed E-state index contributed by atoms with van der Waals surface area (Å²) < 4.78 is 0. The highest BCUT2D eigenvalue weighted by Gasteiger charge is 2.31. The van der Waals surface area contributed by atoms with Crippen LogP contribution in [0.15, 0.2) is 24.3 Å². The van der Waals surface area contributed by atoms with Crippen molar-refractivity contribution in [2.75, 3.05) is 13.1 Å². The summed E-state index contributed by atoms with van der Waals surface area (Å²) in [6.07, 6.45) is 8.15. The van der Waals surface area contributed by atoms with Crippen LogP contribution in [-0.4, -0.2) is 30.1 Å². The number of benzene rings is 1. The Balaban J connectivity index is 1.72. The molecule has 0 bridgehead atoms. The van der Waals surface area contributed by atoms with Crippen molar-refractivity contribution in [1.82, 2.24) is 4.90 Å². The Labute approximate surface area is 123 Å². The molecule has 0 aromatic heterocycles. The van der Waals surface area contributed by atoms with E-state index in [2.05, 4.69) is 36.1 Å². The van der Waals surface area contributed by atoms with Crippen molar-refractivity contribution in [2.45, 2.75) is 63.5 Å². The minimum Gasteiger partial charge on any atom is -0.327 e. The molecule has 2 aliphatic rings. The van der Waals surface area contributed by atoms with Crippen molar-refractivity contribution in [1.29, 1.82) is 0 Å². The van der Waals surface area contributed by atoms with Crippen molar-refractivity contribution >= 4 is 0 Å². The summed E-state index contributed by atoms with van der Waals surface area (Å²) in [5.41, 5.74) is 9.21. The van der Waals surface area contributed by atoms with E-state index in [0.29, 0.717) is 12.0 Å². The first kappa shape index (κ1) is 14.1. The van der Waals surface area contributed by atoms with Gasteiger partial charge in [-0.05, 0) is 37.7 Å². The third kappa shape index (κ3) is 3.24. The molecule has 3 rings (SSSR count). The Morgan fingerprint density at radius 2 is 1.90 bits per heavy atom. The van der Waals surface area contributed by atoms with Crippen LogP contribution in [0.25, 0.3) is 0 Å². The summed E-state index contributed by atoms with van der Waals surface area (Å²) in [5.74, 6) is 0.626. The van der Waals surface area contributed by atoms with Crippen molar-refractivity contribution in [3.05, 3.63) is 35.4 Å². The molecule has 1 aromatic rings. The number of likely N-dealkylation sites (tertiary alicyclic amines) is 1. The molecule has 1 heterocycles. The second-order valence-electron chi connectivity index (χ2n) is 6.85. The van der Waals surface area contributed by atoms with Gasteiger partial charge >= 0.3 is 0 Å². The third-order valence-corrected chi connectivity index (χ3v) is 5.12. The summed E-state index contributed by atoms with van der Waals surface area (Å²) in [7, 11) is 0. The molecule has 2 fully saturated rings. The SMILES string of the molecule is Cc1cccc(C2CC(N)CN(C3CCCCC3)C2)c1. The van der Waals surface area contributed by atoms with Gasteiger partial charge in [0.05, 0.1) is 0 Å². The van der Waals surface area contributed by atoms with Gasteiger partial charge in [0, 0.05) is 25.2 Å². The van der Waals surface area contributed by atoms with Gasteiger partial charge in [-0.3, -0.25) is 4.90 Å². The van der Waals surface area contributed by atoms with Crippen molar-refractivity contribution in [3.8, 4) is 0 Å². The monoisotopic (exact) mass is 272 g/mol. The highest BCUT2D eigenvalue weighted by atomic mass is 15.2. The van der Waals surface area contributed by atoms with E-state index in [0.717, 1.165) is 19.0 Å². The van der Waals surface area contributed by atoms with Crippen LogP contribution in [0.2, 0.25) is 0 Å². The number of aryl methyl sites for hydroxylation is 1. The molecule has 2 heteroatoms. The molecule has 2 N–H and O–H groups in total. The molecule has 0 amide bonds. The summed E-state index contributed by atoms with van der Waals surface area (Å²) >= 11 is 0. The van der Waals surface area contributed by atoms with Crippen LogP contribution >= 0.6 is 0 Å². The first-order valence-corrected chi connectivity index (χ1v) is 8.28. The molecule has 1 aliphatic heterocycles. The van der Waals surface area contributed by atoms with E-state index >= 15 is 0 Å². The number of hydrogen-bond donors (Lipinski definition) is 1. The molecule has 0 radical (unpaired) electrons. The van der Waals surface area contributed by atoms with Gasteiger partial charge < -0.3 is 5.73 Å². The summed E-state index contributed by atoms with van der Waals surface area (Å²) in [5, 5.41) is 0. The maximum absolute atomic E-state index is 6.36. The first-order chi connectivity index (χ1) is 9.72. The maximum Gasteiger partial charge on any atom is 0.0174 e. The molecular formula is C18H28N2. The minimum atomic E-state index is 0.344. The molecule has 1 aromatic carbocycles. The molecular weight excluding hydrogens is 244 g/mol. The van der Waals surface area contributed by atoms with Gasteiger partial charge in [-0.2, -0.15) is 0 Å². The van der Waals surface area contributed by atoms with E-state index < -0.39 is 0 Å². The lowest BCUT2D eigenvalue weighted by atomic mass is 9.85. The van der Waals surface area contributed by atoms with Crippen LogP contribution in [0.5, 0.6) is 0 Å². The van der Waals surface area contributed by atoms with Gasteiger partial charge in [0.15, 0.2) is 0 Å². The Hall–Kier alpha value is -0.860. The number of nitrogens with two attached hydrogens (primary N) is 1. The number of nitrogens with zero attached hydrogens (tertiary/aromatic N) is 1. The van der Waals surface area contributed by atoms with Gasteiger partial charge in [0.2, 0.25) is 0 Å². The van der Waals surface area contributed by atoms with Crippen LogP contribution < -0.4 is 5.73 Å². The molecule has 2 nitrogen and oxygen atoms in total. The predicted molar refractivity (Wildman–Crippen MR) is 85.0 cm³/mol. The molecule has 110 valence electrons. The Morgan fingerprint density at radius 1 is 1.10 bits per heavy atom. The molecule has 2 unspecified atom stereocenters. The van der Waals surface area contributed by atoms with E-state index in [9.17, 15) is 0 Å². The molecule has 2 atom stereocenters. The quantitative estimate of drug-likeness (QED) is 0.893. The zero-order valence-electron chi connectivity index (χ0n) is 12.7. The summed E-state index contributed by atoms with van der Waals surface area (Å²) in [6, 6.07) is 10.1. The highest BCUT2D eigenvalue weighted by Crippen LogP contribution is 2.31. The van der Waals surface area contributed by atoms with Crippen LogP contribution in [-0.2, 0) is 0 Å². The lowest BCUT2D eigenvalue weighted by Gasteiger charge is -2.42. The standard InChI is InChI=1S/C18H28N2/c1-14-6-5-7-15(10-14)16-11-17(19)13-20(12-16)18-8-3-2-4-9-18/h5-7,10,16-18H,2-4,8-9,11-13,19H2,1H3. The van der Waals surface area contributed by atoms with Crippen molar-refractivity contribution in [2.24, 2.45) is 5.73 Å². The fourth-order valence-electron chi connectivity index (χ4n) is 4.08. The first-order valence-electron chi connectivity index (χ1n) is 8.28. The van der Waals surface area contributed by atoms with Gasteiger partial charge in [-0.15, -0.1) is 0 Å². The van der Waals surface area contributed by atoms with Gasteiger partial charge in [-0.1, -0.05) is 49.1 Å². The molecule has 1 aliphatic carbocycles. The van der Waals surface area contributed by atoms with Crippen molar-refractivity contribution in [3.63, 3.8) is 0 Å². The van der Waals surface area contributed by atoms with E-state index in [1.54, 1.807) is 0 Å². The topological polar surface area (TPSA) is 29.3 Å². The molecule has 0 spiro atoms. The van der Waals surface area contributed by atoms with Crippen LogP contribution in [0.4, 0.5) is 0 Å². The predicted octanol–water partition coefficient (Wildman–Crippen LogP) is 3.44. The Kier molecular flexibility index (Phi) is 4.42. The fourth-order valence-corrected chi connectivity index (χ4v) is 4.08. The second kappa shape index (κ2) is 6.28. The zero-order chi connectivity index (χ0) is 13.9. The van der Waals surface area contributed by atoms with E-state index in [4.69, 9.17) is 5.73 Å². The van der Waals surface area contributed by atoms with E-state index in [1.807, 2.05) is 0 Å². The fraction of sp³-hybridized carbons (Fsp3) is 0.667. The normalized spacial score (nSPS) is 29.5. The van der Waals surface area contributed by atoms with Gasteiger partial charge in [-0.25, -0.2) is 0 Å². The number of rotatable bonds is 2. The summed E-state index contributed by atoms with van der Waals surface area (Å²) in [6.45, 7) is 4.50. The third-order valence-electron chi connectivity index (χ3n) is 5.12. The largest absolute Gasteiger partial charge is 0.327 e. The van der Waals surface area contributed by atoms with Crippen molar-refractivity contribution < 1.29 is 0 Å².